The van der Waals surface area contributed by atoms with E-state index in [0.717, 1.165) is 5.69 Å². The predicted molar refractivity (Wildman–Crippen MR) is 103 cm³/mol. The van der Waals surface area contributed by atoms with Gasteiger partial charge >= 0.3 is 0 Å². The fourth-order valence-corrected chi connectivity index (χ4v) is 2.41. The first-order valence-electron chi connectivity index (χ1n) is 8.24. The van der Waals surface area contributed by atoms with Gasteiger partial charge in [-0.3, -0.25) is 14.4 Å². The van der Waals surface area contributed by atoms with Gasteiger partial charge in [0, 0.05) is 31.0 Å². The first kappa shape index (κ1) is 19.2. The zero-order valence-corrected chi connectivity index (χ0v) is 15.4. The third kappa shape index (κ3) is 4.47. The summed E-state index contributed by atoms with van der Waals surface area (Å²) in [6.07, 6.45) is 0. The number of carbonyl (C=O) groups is 3. The van der Waals surface area contributed by atoms with Crippen LogP contribution in [0.3, 0.4) is 0 Å². The zero-order valence-electron chi connectivity index (χ0n) is 15.4. The van der Waals surface area contributed by atoms with Crippen LogP contribution in [-0.2, 0) is 14.4 Å². The van der Waals surface area contributed by atoms with Crippen molar-refractivity contribution in [3.63, 3.8) is 0 Å². The molecule has 0 spiro atoms. The Balaban J connectivity index is 2.09. The van der Waals surface area contributed by atoms with Gasteiger partial charge < -0.3 is 15.5 Å². The van der Waals surface area contributed by atoms with Crippen LogP contribution in [0.4, 0.5) is 17.1 Å². The van der Waals surface area contributed by atoms with Gasteiger partial charge in [0.1, 0.15) is 5.41 Å². The lowest BCUT2D eigenvalue weighted by molar-refractivity contribution is -0.136. The molecule has 0 saturated carbocycles. The summed E-state index contributed by atoms with van der Waals surface area (Å²) >= 11 is 0. The van der Waals surface area contributed by atoms with E-state index in [-0.39, 0.29) is 11.8 Å². The molecule has 0 radical (unpaired) electrons. The molecule has 2 aromatic carbocycles. The topological polar surface area (TPSA) is 78.5 Å². The van der Waals surface area contributed by atoms with Crippen LogP contribution in [-0.4, -0.2) is 24.8 Å². The lowest BCUT2D eigenvalue weighted by Gasteiger charge is -2.28. The van der Waals surface area contributed by atoms with E-state index < -0.39 is 11.3 Å². The van der Waals surface area contributed by atoms with Crippen molar-refractivity contribution in [3.8, 4) is 0 Å². The van der Waals surface area contributed by atoms with E-state index >= 15 is 0 Å². The minimum atomic E-state index is -1.25. The first-order chi connectivity index (χ1) is 12.2. The first-order valence-corrected chi connectivity index (χ1v) is 8.24. The molecule has 26 heavy (non-hydrogen) atoms. The van der Waals surface area contributed by atoms with Crippen LogP contribution in [0.15, 0.2) is 54.6 Å². The predicted octanol–water partition coefficient (Wildman–Crippen LogP) is 3.27. The summed E-state index contributed by atoms with van der Waals surface area (Å²) in [7, 11) is 1.65. The molecule has 0 aliphatic carbocycles. The maximum atomic E-state index is 12.8. The number of carbonyl (C=O) groups excluding carboxylic acids is 3. The second kappa shape index (κ2) is 7.82. The molecule has 2 N–H and O–H groups in total. The Bertz CT molecular complexity index is 799. The number of amides is 3. The van der Waals surface area contributed by atoms with Gasteiger partial charge in [-0.2, -0.15) is 0 Å². The molecule has 2 aromatic rings. The molecule has 0 bridgehead atoms. The standard InChI is InChI=1S/C20H23N3O3/c1-14(24)21-15-10-12-16(13-11-15)22-18(25)20(2,3)19(26)23(4)17-8-6-5-7-9-17/h5-13H,1-4H3,(H,21,24)(H,22,25). The highest BCUT2D eigenvalue weighted by molar-refractivity contribution is 6.14. The third-order valence-electron chi connectivity index (χ3n) is 4.01. The Hall–Kier alpha value is -3.15. The number of nitrogens with one attached hydrogen (secondary N) is 2. The lowest BCUT2D eigenvalue weighted by atomic mass is 9.90. The Labute approximate surface area is 153 Å². The zero-order chi connectivity index (χ0) is 19.3. The van der Waals surface area contributed by atoms with Crippen molar-refractivity contribution in [3.05, 3.63) is 54.6 Å². The van der Waals surface area contributed by atoms with Gasteiger partial charge in [0.25, 0.3) is 0 Å². The molecular weight excluding hydrogens is 330 g/mol. The molecule has 0 fully saturated rings. The molecule has 0 atom stereocenters. The normalized spacial score (nSPS) is 10.8. The summed E-state index contributed by atoms with van der Waals surface area (Å²) in [5.74, 6) is -0.883. The maximum absolute atomic E-state index is 12.8. The molecule has 0 aliphatic heterocycles. The second-order valence-corrected chi connectivity index (χ2v) is 6.54. The van der Waals surface area contributed by atoms with E-state index in [9.17, 15) is 14.4 Å². The molecule has 2 rings (SSSR count). The summed E-state index contributed by atoms with van der Waals surface area (Å²) in [5, 5.41) is 5.41. The SMILES string of the molecule is CC(=O)Nc1ccc(NC(=O)C(C)(C)C(=O)N(C)c2ccccc2)cc1. The quantitative estimate of drug-likeness (QED) is 0.810. The van der Waals surface area contributed by atoms with Crippen LogP contribution in [0.25, 0.3) is 0 Å². The maximum Gasteiger partial charge on any atom is 0.241 e. The summed E-state index contributed by atoms with van der Waals surface area (Å²) in [5.41, 5.74) is 0.654. The Morgan fingerprint density at radius 1 is 0.846 bits per heavy atom. The number of rotatable bonds is 5. The van der Waals surface area contributed by atoms with Gasteiger partial charge in [-0.25, -0.2) is 0 Å². The van der Waals surface area contributed by atoms with Crippen LogP contribution >= 0.6 is 0 Å². The third-order valence-corrected chi connectivity index (χ3v) is 4.01. The van der Waals surface area contributed by atoms with Crippen molar-refractivity contribution in [2.45, 2.75) is 20.8 Å². The van der Waals surface area contributed by atoms with Crippen molar-refractivity contribution in [2.24, 2.45) is 5.41 Å². The van der Waals surface area contributed by atoms with Crippen molar-refractivity contribution in [1.29, 1.82) is 0 Å². The molecule has 6 heteroatoms. The Kier molecular flexibility index (Phi) is 5.77. The number of para-hydroxylation sites is 1. The van der Waals surface area contributed by atoms with Crippen LogP contribution < -0.4 is 15.5 Å². The summed E-state index contributed by atoms with van der Waals surface area (Å²) in [6, 6.07) is 15.9. The molecular formula is C20H23N3O3. The largest absolute Gasteiger partial charge is 0.326 e. The van der Waals surface area contributed by atoms with E-state index in [1.807, 2.05) is 30.3 Å². The average molecular weight is 353 g/mol. The summed E-state index contributed by atoms with van der Waals surface area (Å²) in [4.78, 5) is 37.9. The number of nitrogens with zero attached hydrogens (tertiary/aromatic N) is 1. The minimum absolute atomic E-state index is 0.169. The van der Waals surface area contributed by atoms with Gasteiger partial charge in [0.2, 0.25) is 17.7 Å². The van der Waals surface area contributed by atoms with E-state index in [0.29, 0.717) is 11.4 Å². The highest BCUT2D eigenvalue weighted by Crippen LogP contribution is 2.25. The number of hydrogen-bond acceptors (Lipinski definition) is 3. The van der Waals surface area contributed by atoms with E-state index in [1.165, 1.54) is 11.8 Å². The molecule has 0 unspecified atom stereocenters. The smallest absolute Gasteiger partial charge is 0.241 e. The molecule has 0 aliphatic rings. The van der Waals surface area contributed by atoms with E-state index in [4.69, 9.17) is 0 Å². The Morgan fingerprint density at radius 3 is 1.85 bits per heavy atom. The number of hydrogen-bond donors (Lipinski definition) is 2. The van der Waals surface area contributed by atoms with Crippen LogP contribution in [0.2, 0.25) is 0 Å². The van der Waals surface area contributed by atoms with Crippen molar-refractivity contribution in [2.75, 3.05) is 22.6 Å². The molecule has 0 aromatic heterocycles. The number of benzene rings is 2. The second-order valence-electron chi connectivity index (χ2n) is 6.54. The van der Waals surface area contributed by atoms with Gasteiger partial charge in [0.05, 0.1) is 0 Å². The fraction of sp³-hybridized carbons (Fsp3) is 0.250. The van der Waals surface area contributed by atoms with Gasteiger partial charge in [-0.1, -0.05) is 18.2 Å². The van der Waals surface area contributed by atoms with Crippen molar-refractivity contribution < 1.29 is 14.4 Å². The van der Waals surface area contributed by atoms with Crippen molar-refractivity contribution in [1.82, 2.24) is 0 Å². The molecule has 6 nitrogen and oxygen atoms in total. The molecule has 0 heterocycles. The summed E-state index contributed by atoms with van der Waals surface area (Å²) in [6.45, 7) is 4.61. The van der Waals surface area contributed by atoms with Crippen LogP contribution in [0.1, 0.15) is 20.8 Å². The van der Waals surface area contributed by atoms with Gasteiger partial charge in [-0.05, 0) is 50.2 Å². The van der Waals surface area contributed by atoms with E-state index in [2.05, 4.69) is 10.6 Å². The average Bonchev–Trinajstić information content (AvgIpc) is 2.62. The monoisotopic (exact) mass is 353 g/mol. The summed E-state index contributed by atoms with van der Waals surface area (Å²) < 4.78 is 0. The lowest BCUT2D eigenvalue weighted by Crippen LogP contribution is -2.46. The fourth-order valence-electron chi connectivity index (χ4n) is 2.41. The molecule has 0 saturated heterocycles. The highest BCUT2D eigenvalue weighted by Gasteiger charge is 2.38. The van der Waals surface area contributed by atoms with Crippen molar-refractivity contribution >= 4 is 34.8 Å². The van der Waals surface area contributed by atoms with Gasteiger partial charge in [0.15, 0.2) is 0 Å². The molecule has 136 valence electrons. The number of anilines is 3. The molecule has 3 amide bonds. The van der Waals surface area contributed by atoms with Crippen LogP contribution in [0.5, 0.6) is 0 Å². The van der Waals surface area contributed by atoms with Crippen LogP contribution in [0, 0.1) is 5.41 Å². The highest BCUT2D eigenvalue weighted by atomic mass is 16.2. The Morgan fingerprint density at radius 2 is 1.35 bits per heavy atom. The minimum Gasteiger partial charge on any atom is -0.326 e. The van der Waals surface area contributed by atoms with Gasteiger partial charge in [-0.15, -0.1) is 0 Å². The van der Waals surface area contributed by atoms with E-state index in [1.54, 1.807) is 45.2 Å².